The minimum atomic E-state index is -1.61. The number of carboxylic acids is 1. The first-order valence-electron chi connectivity index (χ1n) is 12.1. The number of H-pyrrole nitrogens is 1. The minimum Gasteiger partial charge on any atom is -0.508 e. The Hall–Kier alpha value is -4.46. The van der Waals surface area contributed by atoms with Crippen LogP contribution in [0.4, 0.5) is 0 Å². The van der Waals surface area contributed by atoms with Crippen molar-refractivity contribution in [2.75, 3.05) is 13.2 Å². The number of para-hydroxylation sites is 1. The molecule has 0 saturated heterocycles. The zero-order valence-electron chi connectivity index (χ0n) is 20.8. The summed E-state index contributed by atoms with van der Waals surface area (Å²) in [6.45, 7) is -1.53. The van der Waals surface area contributed by atoms with Gasteiger partial charge in [0, 0.05) is 29.9 Å². The van der Waals surface area contributed by atoms with Crippen LogP contribution in [0.25, 0.3) is 10.9 Å². The van der Waals surface area contributed by atoms with Gasteiger partial charge in [-0.2, -0.15) is 0 Å². The number of hydrogen-bond donors (Lipinski definition) is 9. The van der Waals surface area contributed by atoms with Crippen molar-refractivity contribution in [3.05, 3.63) is 65.9 Å². The van der Waals surface area contributed by atoms with E-state index in [4.69, 9.17) is 5.73 Å². The number of aromatic nitrogens is 1. The van der Waals surface area contributed by atoms with E-state index < -0.39 is 61.1 Å². The maximum atomic E-state index is 13.5. The van der Waals surface area contributed by atoms with Crippen molar-refractivity contribution in [3.63, 3.8) is 0 Å². The highest BCUT2D eigenvalue weighted by Gasteiger charge is 2.31. The van der Waals surface area contributed by atoms with Gasteiger partial charge in [0.2, 0.25) is 17.7 Å². The Morgan fingerprint density at radius 1 is 0.795 bits per heavy atom. The van der Waals surface area contributed by atoms with Gasteiger partial charge in [-0.3, -0.25) is 14.4 Å². The van der Waals surface area contributed by atoms with Crippen LogP contribution >= 0.6 is 0 Å². The summed E-state index contributed by atoms with van der Waals surface area (Å²) < 4.78 is 0. The third-order valence-electron chi connectivity index (χ3n) is 6.07. The number of nitrogens with two attached hydrogens (primary N) is 1. The Morgan fingerprint density at radius 2 is 1.38 bits per heavy atom. The molecule has 10 N–H and O–H groups in total. The van der Waals surface area contributed by atoms with E-state index in [0.717, 1.165) is 10.9 Å². The molecular formula is C26H31N5O8. The number of fused-ring (bicyclic) bond motifs is 1. The summed E-state index contributed by atoms with van der Waals surface area (Å²) in [6.07, 6.45) is 1.59. The molecule has 3 amide bonds. The second-order valence-electron chi connectivity index (χ2n) is 8.93. The largest absolute Gasteiger partial charge is 0.508 e. The maximum Gasteiger partial charge on any atom is 0.328 e. The van der Waals surface area contributed by atoms with Crippen molar-refractivity contribution in [1.82, 2.24) is 20.9 Å². The van der Waals surface area contributed by atoms with Crippen molar-refractivity contribution < 1.29 is 39.6 Å². The third-order valence-corrected chi connectivity index (χ3v) is 6.07. The van der Waals surface area contributed by atoms with E-state index in [-0.39, 0.29) is 18.6 Å². The molecule has 0 fully saturated rings. The van der Waals surface area contributed by atoms with Gasteiger partial charge >= 0.3 is 5.97 Å². The summed E-state index contributed by atoms with van der Waals surface area (Å²) in [4.78, 5) is 53.4. The molecule has 4 atom stereocenters. The van der Waals surface area contributed by atoms with Gasteiger partial charge in [0.1, 0.15) is 29.9 Å². The Balaban J connectivity index is 1.88. The summed E-state index contributed by atoms with van der Waals surface area (Å²) in [6, 6.07) is 7.69. The average Bonchev–Trinajstić information content (AvgIpc) is 3.33. The van der Waals surface area contributed by atoms with Gasteiger partial charge in [-0.05, 0) is 29.3 Å². The standard InChI is InChI=1S/C26H31N5O8/c27-18(12-32)23(35)29-21(10-15-11-28-19-4-2-1-3-17(15)19)25(37)30-20(9-14-5-7-16(34)8-6-14)24(36)31-22(13-33)26(38)39/h1-8,11,18,20-22,28,32-34H,9-10,12-13,27H2,(H,29,35)(H,30,37)(H,31,36)(H,38,39). The van der Waals surface area contributed by atoms with E-state index in [1.165, 1.54) is 24.3 Å². The number of aliphatic hydroxyl groups excluding tert-OH is 2. The van der Waals surface area contributed by atoms with Crippen molar-refractivity contribution in [2.24, 2.45) is 5.73 Å². The number of rotatable bonds is 13. The number of phenolic OH excluding ortho intramolecular Hbond substituents is 1. The first-order valence-corrected chi connectivity index (χ1v) is 12.1. The van der Waals surface area contributed by atoms with Gasteiger partial charge in [0.15, 0.2) is 0 Å². The summed E-state index contributed by atoms with van der Waals surface area (Å²) >= 11 is 0. The van der Waals surface area contributed by atoms with Crippen LogP contribution in [0.15, 0.2) is 54.7 Å². The summed E-state index contributed by atoms with van der Waals surface area (Å²) in [5.74, 6) is -3.93. The topological polar surface area (TPSA) is 227 Å². The van der Waals surface area contributed by atoms with Crippen LogP contribution in [0, 0.1) is 0 Å². The van der Waals surface area contributed by atoms with Crippen LogP contribution in [0.5, 0.6) is 5.75 Å². The molecule has 0 bridgehead atoms. The van der Waals surface area contributed by atoms with Crippen molar-refractivity contribution in [1.29, 1.82) is 0 Å². The number of carbonyl (C=O) groups excluding carboxylic acids is 3. The Morgan fingerprint density at radius 3 is 2.00 bits per heavy atom. The molecule has 0 aliphatic carbocycles. The fourth-order valence-corrected chi connectivity index (χ4v) is 3.90. The van der Waals surface area contributed by atoms with Gasteiger partial charge in [0.25, 0.3) is 0 Å². The average molecular weight is 542 g/mol. The molecule has 0 saturated carbocycles. The molecule has 0 radical (unpaired) electrons. The van der Waals surface area contributed by atoms with E-state index in [1.807, 2.05) is 24.3 Å². The van der Waals surface area contributed by atoms with Crippen LogP contribution in [0.1, 0.15) is 11.1 Å². The number of amides is 3. The summed E-state index contributed by atoms with van der Waals surface area (Å²) in [7, 11) is 0. The number of aliphatic hydroxyl groups is 2. The van der Waals surface area contributed by atoms with Crippen LogP contribution in [0.3, 0.4) is 0 Å². The summed E-state index contributed by atoms with van der Waals surface area (Å²) in [5, 5.41) is 45.4. The first kappa shape index (κ1) is 29.1. The fourth-order valence-electron chi connectivity index (χ4n) is 3.90. The molecule has 1 heterocycles. The third kappa shape index (κ3) is 7.77. The predicted molar refractivity (Wildman–Crippen MR) is 139 cm³/mol. The molecule has 4 unspecified atom stereocenters. The number of aromatic amines is 1. The lowest BCUT2D eigenvalue weighted by Crippen LogP contribution is -2.58. The van der Waals surface area contributed by atoms with E-state index in [1.54, 1.807) is 6.20 Å². The number of carboxylic acid groups (broad SMARTS) is 1. The van der Waals surface area contributed by atoms with Gasteiger partial charge in [-0.1, -0.05) is 30.3 Å². The monoisotopic (exact) mass is 541 g/mol. The Kier molecular flexibility index (Phi) is 9.98. The van der Waals surface area contributed by atoms with Crippen LogP contribution < -0.4 is 21.7 Å². The molecule has 0 spiro atoms. The van der Waals surface area contributed by atoms with Crippen molar-refractivity contribution in [2.45, 2.75) is 37.0 Å². The lowest BCUT2D eigenvalue weighted by molar-refractivity contribution is -0.143. The molecule has 0 aliphatic rings. The highest BCUT2D eigenvalue weighted by atomic mass is 16.4. The zero-order valence-corrected chi connectivity index (χ0v) is 20.8. The van der Waals surface area contributed by atoms with Crippen LogP contribution in [-0.4, -0.2) is 86.5 Å². The Labute approximate surface area is 223 Å². The van der Waals surface area contributed by atoms with Gasteiger partial charge in [0.05, 0.1) is 13.2 Å². The van der Waals surface area contributed by atoms with Crippen molar-refractivity contribution in [3.8, 4) is 5.75 Å². The molecule has 208 valence electrons. The molecule has 2 aromatic carbocycles. The molecule has 0 aliphatic heterocycles. The quantitative estimate of drug-likeness (QED) is 0.123. The molecule has 3 rings (SSSR count). The number of nitrogens with one attached hydrogen (secondary N) is 4. The predicted octanol–water partition coefficient (Wildman–Crippen LogP) is -1.49. The highest BCUT2D eigenvalue weighted by Crippen LogP contribution is 2.19. The second kappa shape index (κ2) is 13.4. The molecule has 3 aromatic rings. The first-order chi connectivity index (χ1) is 18.6. The van der Waals surface area contributed by atoms with Crippen molar-refractivity contribution >= 4 is 34.6 Å². The molecule has 1 aromatic heterocycles. The number of hydrogen-bond acceptors (Lipinski definition) is 8. The number of phenols is 1. The van der Waals surface area contributed by atoms with Gasteiger partial charge in [-0.25, -0.2) is 4.79 Å². The van der Waals surface area contributed by atoms with Gasteiger partial charge < -0.3 is 47.1 Å². The van der Waals surface area contributed by atoms with Crippen LogP contribution in [0.2, 0.25) is 0 Å². The lowest BCUT2D eigenvalue weighted by atomic mass is 10.0. The SMILES string of the molecule is NC(CO)C(=O)NC(Cc1c[nH]c2ccccc12)C(=O)NC(Cc1ccc(O)cc1)C(=O)NC(CO)C(=O)O. The number of carbonyl (C=O) groups is 4. The number of benzene rings is 2. The smallest absolute Gasteiger partial charge is 0.328 e. The molecule has 13 heteroatoms. The number of aliphatic carboxylic acids is 1. The van der Waals surface area contributed by atoms with Crippen LogP contribution in [-0.2, 0) is 32.0 Å². The Bertz CT molecular complexity index is 1310. The van der Waals surface area contributed by atoms with E-state index in [2.05, 4.69) is 20.9 Å². The van der Waals surface area contributed by atoms with Gasteiger partial charge in [-0.15, -0.1) is 0 Å². The molecular weight excluding hydrogens is 510 g/mol. The normalized spacial score (nSPS) is 14.1. The molecule has 39 heavy (non-hydrogen) atoms. The fraction of sp³-hybridized carbons (Fsp3) is 0.308. The lowest BCUT2D eigenvalue weighted by Gasteiger charge is -2.25. The number of aromatic hydroxyl groups is 1. The molecule has 13 nitrogen and oxygen atoms in total. The van der Waals surface area contributed by atoms with E-state index in [9.17, 15) is 39.6 Å². The van der Waals surface area contributed by atoms with E-state index >= 15 is 0 Å². The summed E-state index contributed by atoms with van der Waals surface area (Å²) in [5.41, 5.74) is 7.65. The highest BCUT2D eigenvalue weighted by molar-refractivity contribution is 5.95. The zero-order chi connectivity index (χ0) is 28.5. The maximum absolute atomic E-state index is 13.5. The minimum absolute atomic E-state index is 0.00166. The second-order valence-corrected chi connectivity index (χ2v) is 8.93. The van der Waals surface area contributed by atoms with E-state index in [0.29, 0.717) is 11.1 Å².